The highest BCUT2D eigenvalue weighted by Gasteiger charge is 2.34. The fourth-order valence-electron chi connectivity index (χ4n) is 2.50. The molecule has 2 rings (SSSR count). The molecule has 0 fully saturated rings. The summed E-state index contributed by atoms with van der Waals surface area (Å²) in [7, 11) is 2.04. The monoisotopic (exact) mass is 270 g/mol. The molecule has 2 atom stereocenters. The Labute approximate surface area is 121 Å². The summed E-state index contributed by atoms with van der Waals surface area (Å²) in [6.45, 7) is 6.49. The van der Waals surface area contributed by atoms with Crippen LogP contribution < -0.4 is 5.01 Å². The van der Waals surface area contributed by atoms with E-state index in [0.29, 0.717) is 11.9 Å². The summed E-state index contributed by atoms with van der Waals surface area (Å²) in [5.74, 6) is 3.96. The summed E-state index contributed by atoms with van der Waals surface area (Å²) in [6.07, 6.45) is 13.4. The maximum Gasteiger partial charge on any atom is 0.244 e. The quantitative estimate of drug-likeness (QED) is 0.787. The first-order valence-corrected chi connectivity index (χ1v) is 7.13. The third-order valence-electron chi connectivity index (χ3n) is 3.98. The average Bonchev–Trinajstić information content (AvgIpc) is 2.83. The van der Waals surface area contributed by atoms with Crippen LogP contribution in [-0.2, 0) is 6.42 Å². The lowest BCUT2D eigenvalue weighted by Crippen LogP contribution is -2.42. The topological polar surface area (TPSA) is 32.3 Å². The fourth-order valence-corrected chi connectivity index (χ4v) is 2.50. The summed E-state index contributed by atoms with van der Waals surface area (Å²) in [4.78, 5) is 8.86. The number of nitrogens with zero attached hydrogens (tertiary/aromatic N) is 4. The van der Waals surface area contributed by atoms with Gasteiger partial charge in [0.15, 0.2) is 0 Å². The summed E-state index contributed by atoms with van der Waals surface area (Å²) in [5, 5.41) is 4.08. The first-order chi connectivity index (χ1) is 9.62. The van der Waals surface area contributed by atoms with Gasteiger partial charge in [-0.3, -0.25) is 0 Å². The van der Waals surface area contributed by atoms with Crippen LogP contribution in [0.25, 0.3) is 0 Å². The molecule has 0 spiro atoms. The minimum atomic E-state index is 0.222. The maximum atomic E-state index is 5.65. The molecule has 0 radical (unpaired) electrons. The molecule has 0 aromatic carbocycles. The first kappa shape index (κ1) is 14.5. The molecule has 0 saturated heterocycles. The Balaban J connectivity index is 2.29. The molecule has 0 amide bonds. The molecule has 0 saturated carbocycles. The van der Waals surface area contributed by atoms with E-state index in [4.69, 9.17) is 6.42 Å². The van der Waals surface area contributed by atoms with Gasteiger partial charge in [-0.25, -0.2) is 20.0 Å². The largest absolute Gasteiger partial charge is 0.247 e. The van der Waals surface area contributed by atoms with Crippen LogP contribution in [0.4, 0.5) is 5.95 Å². The normalized spacial score (nSPS) is 20.6. The minimum absolute atomic E-state index is 0.222. The number of hydrogen-bond donors (Lipinski definition) is 0. The van der Waals surface area contributed by atoms with E-state index in [-0.39, 0.29) is 6.04 Å². The smallest absolute Gasteiger partial charge is 0.244 e. The van der Waals surface area contributed by atoms with E-state index >= 15 is 0 Å². The number of likely N-dealkylation sites (N-methyl/N-ethyl adjacent to an activating group) is 1. The molecule has 1 aromatic heterocycles. The zero-order valence-corrected chi connectivity index (χ0v) is 12.7. The second-order valence-electron chi connectivity index (χ2n) is 5.22. The number of terminal acetylenes is 1. The van der Waals surface area contributed by atoms with E-state index in [0.717, 1.165) is 24.0 Å². The fraction of sp³-hybridized carbons (Fsp3) is 0.500. The van der Waals surface area contributed by atoms with E-state index in [9.17, 15) is 0 Å². The molecule has 20 heavy (non-hydrogen) atoms. The van der Waals surface area contributed by atoms with Crippen molar-refractivity contribution in [1.82, 2.24) is 15.0 Å². The molecular weight excluding hydrogens is 248 g/mol. The highest BCUT2D eigenvalue weighted by Crippen LogP contribution is 2.30. The molecule has 0 bridgehead atoms. The Morgan fingerprint density at radius 2 is 2.00 bits per heavy atom. The highest BCUT2D eigenvalue weighted by molar-refractivity contribution is 5.46. The molecule has 4 nitrogen and oxygen atoms in total. The van der Waals surface area contributed by atoms with Gasteiger partial charge in [0.05, 0.1) is 6.04 Å². The van der Waals surface area contributed by atoms with Gasteiger partial charge in [0, 0.05) is 31.2 Å². The van der Waals surface area contributed by atoms with Gasteiger partial charge in [-0.1, -0.05) is 33.1 Å². The predicted octanol–water partition coefficient (Wildman–Crippen LogP) is 2.64. The molecule has 106 valence electrons. The van der Waals surface area contributed by atoms with E-state index in [1.807, 2.05) is 30.7 Å². The van der Waals surface area contributed by atoms with Crippen LogP contribution in [0.2, 0.25) is 0 Å². The van der Waals surface area contributed by atoms with Gasteiger partial charge >= 0.3 is 0 Å². The molecule has 0 aliphatic carbocycles. The maximum absolute atomic E-state index is 5.65. The summed E-state index contributed by atoms with van der Waals surface area (Å²) >= 11 is 0. The minimum Gasteiger partial charge on any atom is -0.247 e. The zero-order valence-electron chi connectivity index (χ0n) is 12.7. The number of aryl methyl sites for hydroxylation is 1. The molecular formula is C16H22N4. The lowest BCUT2D eigenvalue weighted by Gasteiger charge is -2.31. The first-order valence-electron chi connectivity index (χ1n) is 7.13. The van der Waals surface area contributed by atoms with Gasteiger partial charge in [0.2, 0.25) is 5.95 Å². The Morgan fingerprint density at radius 3 is 2.50 bits per heavy atom. The molecule has 1 aliphatic heterocycles. The Morgan fingerprint density at radius 1 is 1.35 bits per heavy atom. The van der Waals surface area contributed by atoms with Gasteiger partial charge in [-0.15, -0.1) is 6.42 Å². The third-order valence-corrected chi connectivity index (χ3v) is 3.98. The van der Waals surface area contributed by atoms with Crippen molar-refractivity contribution in [3.8, 4) is 12.3 Å². The van der Waals surface area contributed by atoms with E-state index in [1.54, 1.807) is 0 Å². The van der Waals surface area contributed by atoms with Crippen LogP contribution in [0.1, 0.15) is 32.8 Å². The SMILES string of the molecule is C#CC1=CN(c2ncc(CC)cn2)N(C)C1C(C)CC. The Kier molecular flexibility index (Phi) is 4.41. The molecule has 1 aromatic rings. The molecule has 2 unspecified atom stereocenters. The average molecular weight is 270 g/mol. The van der Waals surface area contributed by atoms with Crippen molar-refractivity contribution in [2.75, 3.05) is 12.1 Å². The number of hydrazine groups is 1. The number of rotatable bonds is 4. The van der Waals surface area contributed by atoms with Crippen molar-refractivity contribution >= 4 is 5.95 Å². The van der Waals surface area contributed by atoms with Crippen LogP contribution in [0, 0.1) is 18.3 Å². The van der Waals surface area contributed by atoms with Crippen molar-refractivity contribution in [3.05, 3.63) is 29.7 Å². The van der Waals surface area contributed by atoms with Gasteiger partial charge in [-0.05, 0) is 17.9 Å². The third kappa shape index (κ3) is 2.54. The van der Waals surface area contributed by atoms with Gasteiger partial charge in [0.25, 0.3) is 0 Å². The molecule has 0 N–H and O–H groups in total. The predicted molar refractivity (Wildman–Crippen MR) is 81.8 cm³/mol. The van der Waals surface area contributed by atoms with Crippen molar-refractivity contribution in [1.29, 1.82) is 0 Å². The van der Waals surface area contributed by atoms with Crippen LogP contribution in [0.3, 0.4) is 0 Å². The second kappa shape index (κ2) is 6.06. The highest BCUT2D eigenvalue weighted by atomic mass is 15.7. The van der Waals surface area contributed by atoms with Crippen molar-refractivity contribution in [3.63, 3.8) is 0 Å². The van der Waals surface area contributed by atoms with Crippen molar-refractivity contribution in [2.45, 2.75) is 39.7 Å². The van der Waals surface area contributed by atoms with Crippen LogP contribution in [0.15, 0.2) is 24.2 Å². The number of anilines is 1. The number of aromatic nitrogens is 2. The zero-order chi connectivity index (χ0) is 14.7. The second-order valence-corrected chi connectivity index (χ2v) is 5.22. The molecule has 4 heteroatoms. The Bertz CT molecular complexity index is 526. The standard InChI is InChI=1S/C16H22N4/c1-6-12(4)15-14(8-3)11-20(19(15)5)16-17-9-13(7-2)10-18-16/h3,9-12,15H,6-7H2,1-2,4-5H3. The lowest BCUT2D eigenvalue weighted by molar-refractivity contribution is 0.232. The summed E-state index contributed by atoms with van der Waals surface area (Å²) in [5.41, 5.74) is 2.13. The molecule has 2 heterocycles. The molecule has 1 aliphatic rings. The van der Waals surface area contributed by atoms with Gasteiger partial charge in [-0.2, -0.15) is 0 Å². The van der Waals surface area contributed by atoms with Gasteiger partial charge < -0.3 is 0 Å². The van der Waals surface area contributed by atoms with E-state index in [1.165, 1.54) is 0 Å². The van der Waals surface area contributed by atoms with Crippen LogP contribution >= 0.6 is 0 Å². The summed E-state index contributed by atoms with van der Waals surface area (Å²) in [6, 6.07) is 0.222. The summed E-state index contributed by atoms with van der Waals surface area (Å²) < 4.78 is 0. The van der Waals surface area contributed by atoms with Gasteiger partial charge in [0.1, 0.15) is 0 Å². The van der Waals surface area contributed by atoms with Crippen LogP contribution in [0.5, 0.6) is 0 Å². The van der Waals surface area contributed by atoms with E-state index in [2.05, 4.69) is 41.7 Å². The lowest BCUT2D eigenvalue weighted by atomic mass is 9.94. The Hall–Kier alpha value is -1.86. The van der Waals surface area contributed by atoms with E-state index < -0.39 is 0 Å². The number of hydrogen-bond acceptors (Lipinski definition) is 4. The van der Waals surface area contributed by atoms with Crippen LogP contribution in [-0.4, -0.2) is 28.1 Å². The van der Waals surface area contributed by atoms with Crippen molar-refractivity contribution in [2.24, 2.45) is 5.92 Å². The van der Waals surface area contributed by atoms with Crippen molar-refractivity contribution < 1.29 is 0 Å².